The van der Waals surface area contributed by atoms with Crippen molar-refractivity contribution in [3.63, 3.8) is 0 Å². The van der Waals surface area contributed by atoms with Gasteiger partial charge in [-0.2, -0.15) is 0 Å². The zero-order valence-corrected chi connectivity index (χ0v) is 17.8. The highest BCUT2D eigenvalue weighted by Crippen LogP contribution is 2.27. The van der Waals surface area contributed by atoms with Crippen molar-refractivity contribution >= 4 is 28.7 Å². The lowest BCUT2D eigenvalue weighted by molar-refractivity contribution is -0.136. The van der Waals surface area contributed by atoms with Crippen LogP contribution in [0.3, 0.4) is 0 Å². The van der Waals surface area contributed by atoms with Crippen molar-refractivity contribution in [3.05, 3.63) is 89.5 Å². The molecule has 166 valence electrons. The standard InChI is InChI=1S/C25H23N5O3/c26-23(27)17-6-8-18(9-7-17)24-29-20-14-19(25(33)28-13-12-22(31)32)10-11-21(20)30(24)15-16-4-2-1-3-5-16/h1-11,14H,12-13,15H2,(H3,26,27)(H,28,33)(H,31,32). The van der Waals surface area contributed by atoms with Gasteiger partial charge in [-0.05, 0) is 23.8 Å². The van der Waals surface area contributed by atoms with Crippen LogP contribution < -0.4 is 11.1 Å². The Labute approximate surface area is 190 Å². The lowest BCUT2D eigenvalue weighted by Crippen LogP contribution is -2.25. The third kappa shape index (κ3) is 4.90. The normalized spacial score (nSPS) is 10.8. The van der Waals surface area contributed by atoms with Gasteiger partial charge in [0.2, 0.25) is 0 Å². The molecule has 0 radical (unpaired) electrons. The minimum Gasteiger partial charge on any atom is -0.481 e. The zero-order valence-electron chi connectivity index (χ0n) is 17.8. The summed E-state index contributed by atoms with van der Waals surface area (Å²) in [6, 6.07) is 22.6. The van der Waals surface area contributed by atoms with Crippen LogP contribution in [0.4, 0.5) is 0 Å². The number of aromatic nitrogens is 2. The molecule has 1 heterocycles. The molecule has 0 atom stereocenters. The number of fused-ring (bicyclic) bond motifs is 1. The number of nitrogens with one attached hydrogen (secondary N) is 2. The minimum absolute atomic E-state index is 0.00195. The molecule has 0 bridgehead atoms. The number of nitrogens with zero attached hydrogens (tertiary/aromatic N) is 2. The van der Waals surface area contributed by atoms with Crippen LogP contribution in [0.2, 0.25) is 0 Å². The summed E-state index contributed by atoms with van der Waals surface area (Å²) in [4.78, 5) is 28.0. The second-order valence-electron chi connectivity index (χ2n) is 7.60. The Balaban J connectivity index is 1.74. The van der Waals surface area contributed by atoms with E-state index in [2.05, 4.69) is 9.88 Å². The number of hydrogen-bond donors (Lipinski definition) is 4. The first-order valence-electron chi connectivity index (χ1n) is 10.4. The first kappa shape index (κ1) is 21.8. The SMILES string of the molecule is N=C(N)c1ccc(-c2nc3cc(C(=O)NCCC(=O)O)ccc3n2Cc2ccccc2)cc1. The summed E-state index contributed by atoms with van der Waals surface area (Å²) < 4.78 is 2.08. The quantitative estimate of drug-likeness (QED) is 0.246. The number of amides is 1. The molecular weight excluding hydrogens is 418 g/mol. The molecule has 8 nitrogen and oxygen atoms in total. The van der Waals surface area contributed by atoms with Crippen molar-refractivity contribution < 1.29 is 14.7 Å². The highest BCUT2D eigenvalue weighted by Gasteiger charge is 2.16. The lowest BCUT2D eigenvalue weighted by Gasteiger charge is -2.10. The summed E-state index contributed by atoms with van der Waals surface area (Å²) in [6.07, 6.45) is -0.139. The second kappa shape index (κ2) is 9.35. The molecule has 1 aromatic heterocycles. The molecule has 1 amide bonds. The molecule has 5 N–H and O–H groups in total. The minimum atomic E-state index is -0.967. The molecule has 8 heteroatoms. The Bertz CT molecular complexity index is 1330. The van der Waals surface area contributed by atoms with E-state index in [1.165, 1.54) is 0 Å². The van der Waals surface area contributed by atoms with Crippen LogP contribution in [-0.4, -0.2) is 38.9 Å². The van der Waals surface area contributed by atoms with E-state index in [0.29, 0.717) is 23.2 Å². The Hall–Kier alpha value is -4.46. The van der Waals surface area contributed by atoms with Gasteiger partial charge in [0.25, 0.3) is 5.91 Å². The molecule has 4 aromatic rings. The number of benzene rings is 3. The van der Waals surface area contributed by atoms with E-state index in [1.807, 2.05) is 48.5 Å². The molecule has 4 rings (SSSR count). The zero-order chi connectivity index (χ0) is 23.4. The van der Waals surface area contributed by atoms with Crippen molar-refractivity contribution in [2.75, 3.05) is 6.54 Å². The van der Waals surface area contributed by atoms with Gasteiger partial charge in [0, 0.05) is 29.8 Å². The highest BCUT2D eigenvalue weighted by molar-refractivity contribution is 5.98. The van der Waals surface area contributed by atoms with Gasteiger partial charge in [-0.25, -0.2) is 4.98 Å². The van der Waals surface area contributed by atoms with E-state index in [1.54, 1.807) is 24.3 Å². The van der Waals surface area contributed by atoms with Gasteiger partial charge >= 0.3 is 5.97 Å². The average Bonchev–Trinajstić information content (AvgIpc) is 3.17. The van der Waals surface area contributed by atoms with Gasteiger partial charge in [0.05, 0.1) is 17.5 Å². The number of carboxylic acids is 1. The van der Waals surface area contributed by atoms with E-state index in [4.69, 9.17) is 21.2 Å². The smallest absolute Gasteiger partial charge is 0.305 e. The van der Waals surface area contributed by atoms with E-state index in [-0.39, 0.29) is 24.7 Å². The Morgan fingerprint density at radius 1 is 1.00 bits per heavy atom. The molecule has 0 fully saturated rings. The number of carbonyl (C=O) groups is 2. The maximum atomic E-state index is 12.5. The Kier molecular flexibility index (Phi) is 6.17. The fraction of sp³-hybridized carbons (Fsp3) is 0.120. The number of rotatable bonds is 8. The first-order valence-corrected chi connectivity index (χ1v) is 10.4. The average molecular weight is 441 g/mol. The van der Waals surface area contributed by atoms with Crippen LogP contribution in [0.15, 0.2) is 72.8 Å². The maximum Gasteiger partial charge on any atom is 0.305 e. The van der Waals surface area contributed by atoms with Gasteiger partial charge in [-0.3, -0.25) is 15.0 Å². The van der Waals surface area contributed by atoms with Gasteiger partial charge in [-0.1, -0.05) is 54.6 Å². The topological polar surface area (TPSA) is 134 Å². The molecule has 0 aliphatic carbocycles. The molecule has 0 aliphatic heterocycles. The first-order chi connectivity index (χ1) is 15.9. The summed E-state index contributed by atoms with van der Waals surface area (Å²) in [6.45, 7) is 0.647. The molecule has 0 saturated carbocycles. The fourth-order valence-corrected chi connectivity index (χ4v) is 3.60. The molecule has 0 spiro atoms. The van der Waals surface area contributed by atoms with Crippen molar-refractivity contribution in [2.45, 2.75) is 13.0 Å². The predicted molar refractivity (Wildman–Crippen MR) is 126 cm³/mol. The highest BCUT2D eigenvalue weighted by atomic mass is 16.4. The number of hydrogen-bond acceptors (Lipinski definition) is 4. The number of amidine groups is 1. The van der Waals surface area contributed by atoms with Crippen LogP contribution in [0.1, 0.15) is 27.9 Å². The van der Waals surface area contributed by atoms with Crippen molar-refractivity contribution in [3.8, 4) is 11.4 Å². The largest absolute Gasteiger partial charge is 0.481 e. The van der Waals surface area contributed by atoms with Crippen LogP contribution in [0.25, 0.3) is 22.4 Å². The third-order valence-electron chi connectivity index (χ3n) is 5.27. The third-order valence-corrected chi connectivity index (χ3v) is 5.27. The van der Waals surface area contributed by atoms with E-state index in [9.17, 15) is 9.59 Å². The monoisotopic (exact) mass is 441 g/mol. The fourth-order valence-electron chi connectivity index (χ4n) is 3.60. The molecule has 0 aliphatic rings. The van der Waals surface area contributed by atoms with Gasteiger partial charge in [0.1, 0.15) is 11.7 Å². The van der Waals surface area contributed by atoms with Crippen LogP contribution in [-0.2, 0) is 11.3 Å². The number of nitrogen functional groups attached to an aromatic ring is 1. The maximum absolute atomic E-state index is 12.5. The Morgan fingerprint density at radius 3 is 2.36 bits per heavy atom. The second-order valence-corrected chi connectivity index (χ2v) is 7.60. The van der Waals surface area contributed by atoms with Crippen LogP contribution in [0.5, 0.6) is 0 Å². The summed E-state index contributed by atoms with van der Waals surface area (Å²) in [5.74, 6) is -0.584. The molecule has 0 unspecified atom stereocenters. The molecule has 33 heavy (non-hydrogen) atoms. The lowest BCUT2D eigenvalue weighted by atomic mass is 10.1. The molecule has 3 aromatic carbocycles. The summed E-state index contributed by atoms with van der Waals surface area (Å²) in [5.41, 5.74) is 10.1. The Morgan fingerprint density at radius 2 is 1.70 bits per heavy atom. The van der Waals surface area contributed by atoms with Crippen LogP contribution in [0, 0.1) is 5.41 Å². The van der Waals surface area contributed by atoms with E-state index < -0.39 is 5.97 Å². The van der Waals surface area contributed by atoms with Gasteiger partial charge < -0.3 is 20.7 Å². The number of imidazole rings is 1. The summed E-state index contributed by atoms with van der Waals surface area (Å²) >= 11 is 0. The summed E-state index contributed by atoms with van der Waals surface area (Å²) in [7, 11) is 0. The number of carboxylic acid groups (broad SMARTS) is 1. The van der Waals surface area contributed by atoms with E-state index >= 15 is 0 Å². The van der Waals surface area contributed by atoms with Crippen molar-refractivity contribution in [1.29, 1.82) is 5.41 Å². The van der Waals surface area contributed by atoms with Gasteiger partial charge in [-0.15, -0.1) is 0 Å². The van der Waals surface area contributed by atoms with Crippen LogP contribution >= 0.6 is 0 Å². The van der Waals surface area contributed by atoms with Gasteiger partial charge in [0.15, 0.2) is 0 Å². The molecule has 0 saturated heterocycles. The van der Waals surface area contributed by atoms with Crippen molar-refractivity contribution in [2.24, 2.45) is 5.73 Å². The number of carbonyl (C=O) groups excluding carboxylic acids is 1. The number of aliphatic carboxylic acids is 1. The van der Waals surface area contributed by atoms with Crippen molar-refractivity contribution in [1.82, 2.24) is 14.9 Å². The summed E-state index contributed by atoms with van der Waals surface area (Å²) in [5, 5.41) is 19.0. The molecular formula is C25H23N5O3. The number of nitrogens with two attached hydrogens (primary N) is 1. The van der Waals surface area contributed by atoms with E-state index in [0.717, 1.165) is 22.5 Å². The predicted octanol–water partition coefficient (Wildman–Crippen LogP) is 3.24.